The Kier molecular flexibility index (Phi) is 4.20. The van der Waals surface area contributed by atoms with Gasteiger partial charge in [0.2, 0.25) is 0 Å². The zero-order valence-corrected chi connectivity index (χ0v) is 17.9. The molecule has 1 unspecified atom stereocenters. The van der Waals surface area contributed by atoms with Crippen molar-refractivity contribution in [3.63, 3.8) is 0 Å². The summed E-state index contributed by atoms with van der Waals surface area (Å²) in [4.78, 5) is 28.0. The first-order valence-corrected chi connectivity index (χ1v) is 10.2. The second kappa shape index (κ2) is 6.72. The molecule has 1 atom stereocenters. The second-order valence-corrected chi connectivity index (χ2v) is 8.49. The van der Waals surface area contributed by atoms with Crippen LogP contribution in [0.2, 0.25) is 0 Å². The summed E-state index contributed by atoms with van der Waals surface area (Å²) >= 11 is 0. The van der Waals surface area contributed by atoms with E-state index in [0.29, 0.717) is 5.82 Å². The molecule has 4 aromatic rings. The fraction of sp³-hybridized carbons (Fsp3) is 0.250. The summed E-state index contributed by atoms with van der Waals surface area (Å²) < 4.78 is 2.05. The molecule has 5 rings (SSSR count). The van der Waals surface area contributed by atoms with Crippen LogP contribution in [-0.2, 0) is 5.60 Å². The Balaban J connectivity index is 1.64. The zero-order chi connectivity index (χ0) is 21.9. The minimum Gasteiger partial charge on any atom is -0.382 e. The highest BCUT2D eigenvalue weighted by Crippen LogP contribution is 2.39. The third-order valence-corrected chi connectivity index (χ3v) is 5.82. The van der Waals surface area contributed by atoms with Crippen molar-refractivity contribution in [1.29, 1.82) is 0 Å². The van der Waals surface area contributed by atoms with Gasteiger partial charge in [-0.05, 0) is 44.5 Å². The molecule has 0 spiro atoms. The summed E-state index contributed by atoms with van der Waals surface area (Å²) in [6.07, 6.45) is 5.43. The van der Waals surface area contributed by atoms with Crippen molar-refractivity contribution in [2.45, 2.75) is 32.4 Å². The molecule has 0 saturated heterocycles. The number of amides is 1. The van der Waals surface area contributed by atoms with Crippen molar-refractivity contribution in [2.24, 2.45) is 0 Å². The van der Waals surface area contributed by atoms with Crippen molar-refractivity contribution in [3.05, 3.63) is 83.3 Å². The number of pyridine rings is 1. The van der Waals surface area contributed by atoms with Gasteiger partial charge in [0.25, 0.3) is 5.91 Å². The number of aliphatic hydroxyl groups is 1. The minimum absolute atomic E-state index is 0.0155. The Morgan fingerprint density at radius 3 is 2.45 bits per heavy atom. The third-order valence-electron chi connectivity index (χ3n) is 5.82. The molecule has 1 aliphatic heterocycles. The largest absolute Gasteiger partial charge is 0.382 e. The highest BCUT2D eigenvalue weighted by Gasteiger charge is 2.37. The van der Waals surface area contributed by atoms with E-state index in [4.69, 9.17) is 4.98 Å². The number of fused-ring (bicyclic) bond motifs is 2. The summed E-state index contributed by atoms with van der Waals surface area (Å²) in [5.41, 5.74) is 5.05. The van der Waals surface area contributed by atoms with E-state index >= 15 is 0 Å². The van der Waals surface area contributed by atoms with E-state index in [9.17, 15) is 9.90 Å². The molecule has 1 N–H and O–H groups in total. The molecule has 3 aromatic heterocycles. The smallest absolute Gasteiger partial charge is 0.254 e. The van der Waals surface area contributed by atoms with E-state index in [1.807, 2.05) is 61.0 Å². The van der Waals surface area contributed by atoms with Crippen molar-refractivity contribution in [3.8, 4) is 11.1 Å². The van der Waals surface area contributed by atoms with Gasteiger partial charge in [0.05, 0.1) is 11.4 Å². The van der Waals surface area contributed by atoms with Gasteiger partial charge in [-0.3, -0.25) is 4.79 Å². The summed E-state index contributed by atoms with van der Waals surface area (Å²) in [6, 6.07) is 11.5. The maximum absolute atomic E-state index is 12.8. The summed E-state index contributed by atoms with van der Waals surface area (Å²) in [5.74, 6) is 0.390. The van der Waals surface area contributed by atoms with Gasteiger partial charge in [-0.25, -0.2) is 15.0 Å². The van der Waals surface area contributed by atoms with Gasteiger partial charge in [-0.1, -0.05) is 18.2 Å². The number of nitrogens with zero attached hydrogens (tertiary/aromatic N) is 5. The molecule has 0 saturated carbocycles. The van der Waals surface area contributed by atoms with Gasteiger partial charge in [-0.15, -0.1) is 0 Å². The topological polar surface area (TPSA) is 83.6 Å². The van der Waals surface area contributed by atoms with Crippen molar-refractivity contribution in [1.82, 2.24) is 24.3 Å². The van der Waals surface area contributed by atoms with Crippen LogP contribution in [0, 0.1) is 6.92 Å². The average Bonchev–Trinajstić information content (AvgIpc) is 3.20. The third kappa shape index (κ3) is 3.00. The molecule has 1 amide bonds. The average molecular weight is 413 g/mol. The molecule has 4 heterocycles. The zero-order valence-electron chi connectivity index (χ0n) is 17.9. The number of rotatable bonds is 3. The molecule has 31 heavy (non-hydrogen) atoms. The van der Waals surface area contributed by atoms with Gasteiger partial charge in [0.1, 0.15) is 17.3 Å². The van der Waals surface area contributed by atoms with Crippen LogP contribution in [0.3, 0.4) is 0 Å². The standard InChI is InChI=1S/C24H23N5O2/c1-14-20(21-17-7-5-6-8-18(17)22(30)28(21)4)29-13-15(9-10-19(29)27-14)16-11-25-23(26-12-16)24(2,3)31/h5-13,21,31H,1-4H3. The second-order valence-electron chi connectivity index (χ2n) is 8.49. The molecular formula is C24H23N5O2. The van der Waals surface area contributed by atoms with Crippen LogP contribution in [0.4, 0.5) is 0 Å². The monoisotopic (exact) mass is 413 g/mol. The fourth-order valence-electron chi connectivity index (χ4n) is 4.25. The maximum atomic E-state index is 12.8. The Hall–Kier alpha value is -3.58. The molecule has 156 valence electrons. The lowest BCUT2D eigenvalue weighted by molar-refractivity contribution is 0.0687. The number of hydrogen-bond donors (Lipinski definition) is 1. The quantitative estimate of drug-likeness (QED) is 0.556. The number of carbonyl (C=O) groups excluding carboxylic acids is 1. The summed E-state index contributed by atoms with van der Waals surface area (Å²) in [6.45, 7) is 5.29. The number of aromatic nitrogens is 4. The van der Waals surface area contributed by atoms with Crippen LogP contribution in [0.5, 0.6) is 0 Å². The molecule has 7 heteroatoms. The number of carbonyl (C=O) groups is 1. The molecule has 0 radical (unpaired) electrons. The van der Waals surface area contributed by atoms with Crippen LogP contribution in [0.1, 0.15) is 53.0 Å². The first kappa shape index (κ1) is 19.4. The lowest BCUT2D eigenvalue weighted by Crippen LogP contribution is -2.25. The Labute approximate surface area is 180 Å². The van der Waals surface area contributed by atoms with Gasteiger partial charge < -0.3 is 14.4 Å². The predicted octanol–water partition coefficient (Wildman–Crippen LogP) is 3.50. The fourth-order valence-corrected chi connectivity index (χ4v) is 4.25. The minimum atomic E-state index is -1.09. The van der Waals surface area contributed by atoms with E-state index in [1.54, 1.807) is 31.1 Å². The van der Waals surface area contributed by atoms with E-state index < -0.39 is 5.60 Å². The first-order valence-electron chi connectivity index (χ1n) is 10.2. The first-order chi connectivity index (χ1) is 14.8. The van der Waals surface area contributed by atoms with E-state index in [-0.39, 0.29) is 11.9 Å². The lowest BCUT2D eigenvalue weighted by Gasteiger charge is -2.21. The lowest BCUT2D eigenvalue weighted by atomic mass is 10.0. The molecule has 0 fully saturated rings. The van der Waals surface area contributed by atoms with E-state index in [2.05, 4.69) is 9.97 Å². The number of aryl methyl sites for hydroxylation is 1. The van der Waals surface area contributed by atoms with Crippen molar-refractivity contribution >= 4 is 11.6 Å². The SMILES string of the molecule is Cc1nc2ccc(-c3cnc(C(C)(C)O)nc3)cn2c1C1c2ccccc2C(=O)N1C. The van der Waals surface area contributed by atoms with Gasteiger partial charge in [-0.2, -0.15) is 0 Å². The van der Waals surface area contributed by atoms with E-state index in [0.717, 1.165) is 39.3 Å². The molecule has 7 nitrogen and oxygen atoms in total. The Bertz CT molecular complexity index is 1320. The Morgan fingerprint density at radius 2 is 1.74 bits per heavy atom. The van der Waals surface area contributed by atoms with Gasteiger partial charge >= 0.3 is 0 Å². The predicted molar refractivity (Wildman–Crippen MR) is 117 cm³/mol. The number of hydrogen-bond acceptors (Lipinski definition) is 5. The number of imidazole rings is 1. The normalized spacial score (nSPS) is 16.2. The van der Waals surface area contributed by atoms with Crippen LogP contribution in [0.15, 0.2) is 55.0 Å². The van der Waals surface area contributed by atoms with Crippen LogP contribution in [-0.4, -0.2) is 42.3 Å². The van der Waals surface area contributed by atoms with Gasteiger partial charge in [0.15, 0.2) is 5.82 Å². The molecule has 1 aliphatic rings. The molecule has 0 aliphatic carbocycles. The molecule has 0 bridgehead atoms. The summed E-state index contributed by atoms with van der Waals surface area (Å²) in [5, 5.41) is 10.1. The maximum Gasteiger partial charge on any atom is 0.254 e. The van der Waals surface area contributed by atoms with Crippen LogP contribution in [0.25, 0.3) is 16.8 Å². The highest BCUT2D eigenvalue weighted by molar-refractivity contribution is 5.99. The Morgan fingerprint density at radius 1 is 1.03 bits per heavy atom. The van der Waals surface area contributed by atoms with Gasteiger partial charge in [0, 0.05) is 42.3 Å². The van der Waals surface area contributed by atoms with E-state index in [1.165, 1.54) is 0 Å². The van der Waals surface area contributed by atoms with Crippen molar-refractivity contribution < 1.29 is 9.90 Å². The van der Waals surface area contributed by atoms with Crippen LogP contribution < -0.4 is 0 Å². The van der Waals surface area contributed by atoms with Crippen LogP contribution >= 0.6 is 0 Å². The highest BCUT2D eigenvalue weighted by atomic mass is 16.3. The molecule has 1 aromatic carbocycles. The summed E-state index contributed by atoms with van der Waals surface area (Å²) in [7, 11) is 1.83. The van der Waals surface area contributed by atoms with Crippen molar-refractivity contribution in [2.75, 3.05) is 7.05 Å². The molecular weight excluding hydrogens is 390 g/mol. The number of benzene rings is 1.